The van der Waals surface area contributed by atoms with Crippen molar-refractivity contribution in [2.45, 2.75) is 0 Å². The van der Waals surface area contributed by atoms with E-state index in [2.05, 4.69) is 10.4 Å². The van der Waals surface area contributed by atoms with E-state index in [0.717, 1.165) is 0 Å². The molecule has 0 atom stereocenters. The SMILES string of the molecule is O=c1[nH]nn[nH]1.[H-].[Li+]. The summed E-state index contributed by atoms with van der Waals surface area (Å²) in [5.74, 6) is 0. The maximum Gasteiger partial charge on any atom is 1.00 e. The summed E-state index contributed by atoms with van der Waals surface area (Å²) < 4.78 is 0. The van der Waals surface area contributed by atoms with Gasteiger partial charge in [-0.25, -0.2) is 15.0 Å². The summed E-state index contributed by atoms with van der Waals surface area (Å²) in [5.41, 5.74) is -0.380. The van der Waals surface area contributed by atoms with Gasteiger partial charge in [-0.1, -0.05) is 0 Å². The summed E-state index contributed by atoms with van der Waals surface area (Å²) in [6, 6.07) is 0. The van der Waals surface area contributed by atoms with Crippen LogP contribution in [0.2, 0.25) is 0 Å². The summed E-state index contributed by atoms with van der Waals surface area (Å²) >= 11 is 0. The molecule has 7 heavy (non-hydrogen) atoms. The Morgan fingerprint density at radius 1 is 1.43 bits per heavy atom. The number of aromatic nitrogens is 4. The number of rotatable bonds is 0. The van der Waals surface area contributed by atoms with Crippen LogP contribution in [0.4, 0.5) is 0 Å². The third-order valence-electron chi connectivity index (χ3n) is 0.353. The van der Waals surface area contributed by atoms with E-state index in [-0.39, 0.29) is 26.0 Å². The van der Waals surface area contributed by atoms with Crippen LogP contribution in [0.1, 0.15) is 1.43 Å². The molecule has 0 aromatic carbocycles. The molecular weight excluding hydrogens is 91.0 g/mol. The van der Waals surface area contributed by atoms with Crippen molar-refractivity contribution in [3.63, 3.8) is 0 Å². The van der Waals surface area contributed by atoms with Crippen LogP contribution in [-0.2, 0) is 0 Å². The van der Waals surface area contributed by atoms with Gasteiger partial charge >= 0.3 is 24.6 Å². The molecule has 0 saturated carbocycles. The van der Waals surface area contributed by atoms with Gasteiger partial charge < -0.3 is 1.43 Å². The van der Waals surface area contributed by atoms with Gasteiger partial charge in [0.2, 0.25) is 0 Å². The van der Waals surface area contributed by atoms with Crippen LogP contribution in [0.25, 0.3) is 0 Å². The second-order valence-corrected chi connectivity index (χ2v) is 0.753. The number of H-pyrrole nitrogens is 2. The van der Waals surface area contributed by atoms with E-state index in [4.69, 9.17) is 0 Å². The van der Waals surface area contributed by atoms with Gasteiger partial charge in [-0.2, -0.15) is 0 Å². The van der Waals surface area contributed by atoms with Crippen LogP contribution < -0.4 is 24.6 Å². The minimum absolute atomic E-state index is 0. The first-order chi connectivity index (χ1) is 2.89. The molecule has 1 heterocycles. The fourth-order valence-corrected chi connectivity index (χ4v) is 0.166. The van der Waals surface area contributed by atoms with Gasteiger partial charge in [0.1, 0.15) is 0 Å². The molecule has 0 aliphatic rings. The van der Waals surface area contributed by atoms with Crippen molar-refractivity contribution < 1.29 is 20.3 Å². The Morgan fingerprint density at radius 2 is 1.86 bits per heavy atom. The number of hydrogen-bond donors (Lipinski definition) is 2. The predicted octanol–water partition coefficient (Wildman–Crippen LogP) is -4.39. The van der Waals surface area contributed by atoms with Crippen LogP contribution >= 0.6 is 0 Å². The largest absolute Gasteiger partial charge is 1.00 e. The molecule has 0 fully saturated rings. The molecule has 0 saturated heterocycles. The Morgan fingerprint density at radius 3 is 2.00 bits per heavy atom. The number of hydrogen-bond acceptors (Lipinski definition) is 3. The van der Waals surface area contributed by atoms with Crippen LogP contribution in [0.3, 0.4) is 0 Å². The van der Waals surface area contributed by atoms with E-state index in [1.165, 1.54) is 0 Å². The minimum atomic E-state index is -0.380. The Bertz CT molecular complexity index is 154. The van der Waals surface area contributed by atoms with E-state index in [1.807, 2.05) is 10.2 Å². The van der Waals surface area contributed by atoms with E-state index in [0.29, 0.717) is 0 Å². The fourth-order valence-electron chi connectivity index (χ4n) is 0.166. The number of nitrogens with zero attached hydrogens (tertiary/aromatic N) is 2. The van der Waals surface area contributed by atoms with E-state index in [9.17, 15) is 4.79 Å². The first-order valence-corrected chi connectivity index (χ1v) is 1.35. The van der Waals surface area contributed by atoms with Crippen molar-refractivity contribution in [2.75, 3.05) is 0 Å². The Balaban J connectivity index is 0. The van der Waals surface area contributed by atoms with Crippen molar-refractivity contribution in [3.8, 4) is 0 Å². The summed E-state index contributed by atoms with van der Waals surface area (Å²) in [7, 11) is 0. The average molecular weight is 94.0 g/mol. The van der Waals surface area contributed by atoms with Gasteiger partial charge in [0.25, 0.3) is 0 Å². The van der Waals surface area contributed by atoms with Crippen molar-refractivity contribution in [1.82, 2.24) is 20.6 Å². The molecule has 5 nitrogen and oxygen atoms in total. The zero-order chi connectivity index (χ0) is 4.41. The third kappa shape index (κ3) is 1.57. The Labute approximate surface area is 52.1 Å². The summed E-state index contributed by atoms with van der Waals surface area (Å²) in [4.78, 5) is 9.83. The molecule has 1 aromatic heterocycles. The molecule has 0 aliphatic carbocycles. The first-order valence-electron chi connectivity index (χ1n) is 1.35. The zero-order valence-electron chi connectivity index (χ0n) is 4.80. The topological polar surface area (TPSA) is 74.4 Å². The van der Waals surface area contributed by atoms with Gasteiger partial charge in [0, 0.05) is 0 Å². The van der Waals surface area contributed by atoms with Crippen LogP contribution in [0.15, 0.2) is 4.79 Å². The van der Waals surface area contributed by atoms with Gasteiger partial charge in [-0.05, 0) is 10.4 Å². The van der Waals surface area contributed by atoms with Gasteiger partial charge in [-0.15, -0.1) is 0 Å². The molecule has 0 spiro atoms. The summed E-state index contributed by atoms with van der Waals surface area (Å²) in [6.45, 7) is 0. The van der Waals surface area contributed by atoms with E-state index in [1.54, 1.807) is 0 Å². The maximum absolute atomic E-state index is 9.83. The zero-order valence-corrected chi connectivity index (χ0v) is 3.80. The van der Waals surface area contributed by atoms with Crippen LogP contribution in [-0.4, -0.2) is 20.6 Å². The van der Waals surface area contributed by atoms with E-state index >= 15 is 0 Å². The second-order valence-electron chi connectivity index (χ2n) is 0.753. The molecule has 0 radical (unpaired) electrons. The normalized spacial score (nSPS) is 7.43. The van der Waals surface area contributed by atoms with E-state index < -0.39 is 0 Å². The number of tetrazole rings is 1. The number of aromatic amines is 2. The molecular formula is CH3LiN4O. The van der Waals surface area contributed by atoms with Crippen molar-refractivity contribution in [1.29, 1.82) is 0 Å². The van der Waals surface area contributed by atoms with Crippen LogP contribution in [0, 0.1) is 0 Å². The standard InChI is InChI=1S/CH2N4O.Li.H/c6-1-2-4-5-3-1;;/h(H2,2,3,4,5,6);;/q;+1;-1. The monoisotopic (exact) mass is 94.0 g/mol. The molecule has 34 valence electrons. The Hall–Kier alpha value is -0.533. The Kier molecular flexibility index (Phi) is 2.41. The fraction of sp³-hybridized carbons (Fsp3) is 0. The van der Waals surface area contributed by atoms with Gasteiger partial charge in [0.05, 0.1) is 0 Å². The minimum Gasteiger partial charge on any atom is -1.00 e. The van der Waals surface area contributed by atoms with Crippen molar-refractivity contribution in [2.24, 2.45) is 0 Å². The maximum atomic E-state index is 9.83. The molecule has 1 rings (SSSR count). The van der Waals surface area contributed by atoms with Crippen LogP contribution in [0.5, 0.6) is 0 Å². The quantitative estimate of drug-likeness (QED) is 0.319. The van der Waals surface area contributed by atoms with Gasteiger partial charge in [0.15, 0.2) is 0 Å². The molecule has 6 heteroatoms. The summed E-state index contributed by atoms with van der Waals surface area (Å²) in [6.07, 6.45) is 0. The first kappa shape index (κ1) is 6.47. The molecule has 2 N–H and O–H groups in total. The van der Waals surface area contributed by atoms with Gasteiger partial charge in [-0.3, -0.25) is 0 Å². The molecule has 0 bridgehead atoms. The predicted molar refractivity (Wildman–Crippen MR) is 18.1 cm³/mol. The smallest absolute Gasteiger partial charge is 1.00 e. The molecule has 0 aliphatic heterocycles. The summed E-state index contributed by atoms with van der Waals surface area (Å²) in [5, 5.41) is 10.2. The second kappa shape index (κ2) is 2.61. The van der Waals surface area contributed by atoms with Crippen molar-refractivity contribution >= 4 is 0 Å². The average Bonchev–Trinajstić information content (AvgIpc) is 1.86. The molecule has 0 unspecified atom stereocenters. The van der Waals surface area contributed by atoms with Crippen molar-refractivity contribution in [3.05, 3.63) is 10.5 Å². The number of nitrogens with one attached hydrogen (secondary N) is 2. The third-order valence-corrected chi connectivity index (χ3v) is 0.353. The molecule has 1 aromatic rings. The molecule has 0 amide bonds.